The van der Waals surface area contributed by atoms with Gasteiger partial charge in [-0.3, -0.25) is 0 Å². The Morgan fingerprint density at radius 2 is 2.10 bits per heavy atom. The summed E-state index contributed by atoms with van der Waals surface area (Å²) in [5, 5.41) is 22.1. The summed E-state index contributed by atoms with van der Waals surface area (Å²) in [6.07, 6.45) is 0.497. The molecule has 0 aliphatic rings. The van der Waals surface area contributed by atoms with E-state index in [0.717, 1.165) is 13.0 Å². The minimum atomic E-state index is -0.589. The van der Waals surface area contributed by atoms with Gasteiger partial charge in [0.05, 0.1) is 5.56 Å². The highest BCUT2D eigenvalue weighted by Crippen LogP contribution is 2.18. The number of ether oxygens (including phenoxy) is 1. The van der Waals surface area contributed by atoms with E-state index in [0.29, 0.717) is 17.9 Å². The van der Waals surface area contributed by atoms with Gasteiger partial charge in [-0.05, 0) is 24.0 Å². The third-order valence-electron chi connectivity index (χ3n) is 3.38. The molecule has 0 bridgehead atoms. The van der Waals surface area contributed by atoms with E-state index in [-0.39, 0.29) is 12.0 Å². The van der Waals surface area contributed by atoms with Crippen LogP contribution in [-0.4, -0.2) is 30.9 Å². The Balaban J connectivity index is 2.33. The van der Waals surface area contributed by atoms with E-state index in [1.54, 1.807) is 18.2 Å². The van der Waals surface area contributed by atoms with E-state index < -0.39 is 6.10 Å². The van der Waals surface area contributed by atoms with Gasteiger partial charge in [0.2, 0.25) is 0 Å². The van der Waals surface area contributed by atoms with Crippen molar-refractivity contribution in [1.82, 2.24) is 5.32 Å². The average Bonchev–Trinajstić information content (AvgIpc) is 2.45. The Kier molecular flexibility index (Phi) is 6.50. The van der Waals surface area contributed by atoms with Gasteiger partial charge in [-0.15, -0.1) is 0 Å². The van der Waals surface area contributed by atoms with Gasteiger partial charge in [0.25, 0.3) is 0 Å². The Morgan fingerprint density at radius 1 is 1.40 bits per heavy atom. The fourth-order valence-electron chi connectivity index (χ4n) is 1.63. The van der Waals surface area contributed by atoms with Gasteiger partial charge >= 0.3 is 0 Å². The Labute approximate surface area is 121 Å². The maximum atomic E-state index is 9.87. The van der Waals surface area contributed by atoms with Crippen molar-refractivity contribution < 1.29 is 9.84 Å². The van der Waals surface area contributed by atoms with E-state index in [1.165, 1.54) is 0 Å². The molecule has 110 valence electrons. The molecular formula is C16H24N2O2. The number of aliphatic hydroxyl groups is 1. The van der Waals surface area contributed by atoms with Gasteiger partial charge in [-0.1, -0.05) is 32.9 Å². The van der Waals surface area contributed by atoms with Crippen LogP contribution in [0, 0.1) is 16.7 Å². The van der Waals surface area contributed by atoms with Gasteiger partial charge in [0, 0.05) is 13.1 Å². The molecule has 0 aliphatic heterocycles. The molecule has 1 aromatic carbocycles. The highest BCUT2D eigenvalue weighted by Gasteiger charge is 2.15. The number of aliphatic hydroxyl groups excluding tert-OH is 1. The Morgan fingerprint density at radius 3 is 2.75 bits per heavy atom. The van der Waals surface area contributed by atoms with Crippen molar-refractivity contribution in [3.8, 4) is 11.8 Å². The zero-order valence-electron chi connectivity index (χ0n) is 12.5. The minimum absolute atomic E-state index is 0.179. The summed E-state index contributed by atoms with van der Waals surface area (Å²) in [4.78, 5) is 0. The third-order valence-corrected chi connectivity index (χ3v) is 3.38. The first kappa shape index (κ1) is 16.5. The van der Waals surface area contributed by atoms with Crippen LogP contribution in [0.15, 0.2) is 24.3 Å². The molecule has 0 aliphatic carbocycles. The van der Waals surface area contributed by atoms with Gasteiger partial charge in [0.15, 0.2) is 0 Å². The number of para-hydroxylation sites is 1. The number of nitrogens with one attached hydrogen (secondary N) is 1. The smallest absolute Gasteiger partial charge is 0.137 e. The molecule has 0 saturated heterocycles. The first-order valence-corrected chi connectivity index (χ1v) is 6.99. The standard InChI is InChI=1S/C16H24N2O2/c1-4-16(2,3)12-18-10-14(19)11-20-15-8-6-5-7-13(15)9-17/h5-8,14,18-19H,4,10-12H2,1-3H3. The quantitative estimate of drug-likeness (QED) is 0.765. The molecule has 0 aromatic heterocycles. The molecule has 1 unspecified atom stereocenters. The molecular weight excluding hydrogens is 252 g/mol. The van der Waals surface area contributed by atoms with E-state index in [2.05, 4.69) is 32.2 Å². The summed E-state index contributed by atoms with van der Waals surface area (Å²) in [5.41, 5.74) is 0.716. The van der Waals surface area contributed by atoms with Crippen LogP contribution < -0.4 is 10.1 Å². The molecule has 0 spiro atoms. The molecule has 0 fully saturated rings. The van der Waals surface area contributed by atoms with Gasteiger partial charge in [-0.25, -0.2) is 0 Å². The van der Waals surface area contributed by atoms with Crippen molar-refractivity contribution in [2.45, 2.75) is 33.3 Å². The number of hydrogen-bond donors (Lipinski definition) is 2. The van der Waals surface area contributed by atoms with Crippen LogP contribution in [0.2, 0.25) is 0 Å². The minimum Gasteiger partial charge on any atom is -0.489 e. The zero-order chi connectivity index (χ0) is 15.0. The molecule has 1 atom stereocenters. The highest BCUT2D eigenvalue weighted by atomic mass is 16.5. The predicted octanol–water partition coefficient (Wildman–Crippen LogP) is 2.32. The van der Waals surface area contributed by atoms with Crippen LogP contribution in [0.5, 0.6) is 5.75 Å². The number of rotatable bonds is 8. The Bertz CT molecular complexity index is 452. The fourth-order valence-corrected chi connectivity index (χ4v) is 1.63. The summed E-state index contributed by atoms with van der Waals surface area (Å²) in [6, 6.07) is 9.10. The second-order valence-corrected chi connectivity index (χ2v) is 5.72. The van der Waals surface area contributed by atoms with Crippen LogP contribution in [0.25, 0.3) is 0 Å². The van der Waals surface area contributed by atoms with Crippen LogP contribution in [0.3, 0.4) is 0 Å². The maximum absolute atomic E-state index is 9.87. The van der Waals surface area contributed by atoms with Crippen molar-refractivity contribution in [3.63, 3.8) is 0 Å². The topological polar surface area (TPSA) is 65.3 Å². The number of nitriles is 1. The summed E-state index contributed by atoms with van der Waals surface area (Å²) >= 11 is 0. The maximum Gasteiger partial charge on any atom is 0.137 e. The first-order chi connectivity index (χ1) is 9.48. The van der Waals surface area contributed by atoms with E-state index in [1.807, 2.05) is 6.07 Å². The van der Waals surface area contributed by atoms with Gasteiger partial charge in [0.1, 0.15) is 24.5 Å². The molecule has 0 amide bonds. The number of hydrogen-bond acceptors (Lipinski definition) is 4. The fraction of sp³-hybridized carbons (Fsp3) is 0.562. The monoisotopic (exact) mass is 276 g/mol. The van der Waals surface area contributed by atoms with Crippen molar-refractivity contribution in [3.05, 3.63) is 29.8 Å². The molecule has 1 aromatic rings. The molecule has 0 saturated carbocycles. The average molecular weight is 276 g/mol. The third kappa shape index (κ3) is 5.60. The van der Waals surface area contributed by atoms with Crippen LogP contribution >= 0.6 is 0 Å². The normalized spacial score (nSPS) is 12.8. The van der Waals surface area contributed by atoms with Crippen LogP contribution in [0.1, 0.15) is 32.8 Å². The molecule has 0 heterocycles. The first-order valence-electron chi connectivity index (χ1n) is 6.99. The Hall–Kier alpha value is -1.57. The van der Waals surface area contributed by atoms with Crippen LogP contribution in [0.4, 0.5) is 0 Å². The van der Waals surface area contributed by atoms with E-state index in [4.69, 9.17) is 10.00 Å². The lowest BCUT2D eigenvalue weighted by atomic mass is 9.90. The van der Waals surface area contributed by atoms with Gasteiger partial charge in [-0.2, -0.15) is 5.26 Å². The van der Waals surface area contributed by atoms with Crippen molar-refractivity contribution in [2.75, 3.05) is 19.7 Å². The summed E-state index contributed by atoms with van der Waals surface area (Å²) in [7, 11) is 0. The summed E-state index contributed by atoms with van der Waals surface area (Å²) in [5.74, 6) is 0.517. The molecule has 4 heteroatoms. The molecule has 2 N–H and O–H groups in total. The lowest BCUT2D eigenvalue weighted by molar-refractivity contribution is 0.103. The lowest BCUT2D eigenvalue weighted by Crippen LogP contribution is -2.36. The van der Waals surface area contributed by atoms with Crippen molar-refractivity contribution in [1.29, 1.82) is 5.26 Å². The van der Waals surface area contributed by atoms with E-state index in [9.17, 15) is 5.11 Å². The predicted molar refractivity (Wildman–Crippen MR) is 79.6 cm³/mol. The summed E-state index contributed by atoms with van der Waals surface area (Å²) < 4.78 is 5.49. The SMILES string of the molecule is CCC(C)(C)CNCC(O)COc1ccccc1C#N. The zero-order valence-corrected chi connectivity index (χ0v) is 12.5. The molecule has 0 radical (unpaired) electrons. The highest BCUT2D eigenvalue weighted by molar-refractivity contribution is 5.42. The number of nitrogens with zero attached hydrogens (tertiary/aromatic N) is 1. The van der Waals surface area contributed by atoms with Crippen molar-refractivity contribution in [2.24, 2.45) is 5.41 Å². The lowest BCUT2D eigenvalue weighted by Gasteiger charge is -2.24. The van der Waals surface area contributed by atoms with Crippen molar-refractivity contribution >= 4 is 0 Å². The second-order valence-electron chi connectivity index (χ2n) is 5.72. The van der Waals surface area contributed by atoms with E-state index >= 15 is 0 Å². The molecule has 20 heavy (non-hydrogen) atoms. The largest absolute Gasteiger partial charge is 0.489 e. The second kappa shape index (κ2) is 7.88. The summed E-state index contributed by atoms with van der Waals surface area (Å²) in [6.45, 7) is 8.05. The number of benzene rings is 1. The van der Waals surface area contributed by atoms with Crippen LogP contribution in [-0.2, 0) is 0 Å². The molecule has 1 rings (SSSR count). The van der Waals surface area contributed by atoms with Gasteiger partial charge < -0.3 is 15.2 Å². The molecule has 4 nitrogen and oxygen atoms in total.